The molecule has 0 N–H and O–H groups in total. The second kappa shape index (κ2) is 5.64. The number of rotatable bonds is 3. The van der Waals surface area contributed by atoms with Crippen LogP contribution in [0.25, 0.3) is 11.1 Å². The summed E-state index contributed by atoms with van der Waals surface area (Å²) in [7, 11) is 0. The minimum absolute atomic E-state index is 0.264. The van der Waals surface area contributed by atoms with Crippen molar-refractivity contribution in [3.8, 4) is 0 Å². The zero-order valence-electron chi connectivity index (χ0n) is 12.7. The highest BCUT2D eigenvalue weighted by Crippen LogP contribution is 2.50. The van der Waals surface area contributed by atoms with Gasteiger partial charge in [0.05, 0.1) is 5.52 Å². The van der Waals surface area contributed by atoms with Gasteiger partial charge >= 0.3 is 5.76 Å². The van der Waals surface area contributed by atoms with Gasteiger partial charge in [-0.15, -0.1) is 0 Å². The smallest absolute Gasteiger partial charge is 0.408 e. The molecule has 0 spiro atoms. The zero-order chi connectivity index (χ0) is 15.0. The van der Waals surface area contributed by atoms with Crippen LogP contribution in [0.2, 0.25) is 0 Å². The van der Waals surface area contributed by atoms with E-state index in [2.05, 4.69) is 28.9 Å². The third kappa shape index (κ3) is 2.59. The lowest BCUT2D eigenvalue weighted by Crippen LogP contribution is -2.25. The van der Waals surface area contributed by atoms with Crippen molar-refractivity contribution in [3.05, 3.63) is 34.3 Å². The van der Waals surface area contributed by atoms with Crippen LogP contribution in [-0.4, -0.2) is 4.57 Å². The number of nitrogens with zero attached hydrogens (tertiary/aromatic N) is 1. The Labute approximate surface area is 133 Å². The molecule has 1 saturated carbocycles. The van der Waals surface area contributed by atoms with Gasteiger partial charge in [-0.2, -0.15) is 0 Å². The molecule has 0 aliphatic heterocycles. The molecule has 4 heteroatoms. The molecule has 0 bridgehead atoms. The van der Waals surface area contributed by atoms with Crippen molar-refractivity contribution in [3.63, 3.8) is 0 Å². The third-order valence-electron chi connectivity index (χ3n) is 4.91. The van der Waals surface area contributed by atoms with Crippen LogP contribution >= 0.6 is 15.9 Å². The fourth-order valence-corrected chi connectivity index (χ4v) is 4.30. The van der Waals surface area contributed by atoms with Gasteiger partial charge in [-0.25, -0.2) is 4.79 Å². The van der Waals surface area contributed by atoms with Crippen LogP contribution in [-0.2, 0) is 6.54 Å². The van der Waals surface area contributed by atoms with E-state index in [9.17, 15) is 4.79 Å². The summed E-state index contributed by atoms with van der Waals surface area (Å²) in [5, 5.41) is 0. The van der Waals surface area contributed by atoms with Gasteiger partial charge in [0.15, 0.2) is 5.58 Å². The molecule has 1 heterocycles. The van der Waals surface area contributed by atoms with Crippen LogP contribution in [0, 0.1) is 5.41 Å². The lowest BCUT2D eigenvalue weighted by molar-refractivity contribution is 0.213. The van der Waals surface area contributed by atoms with Gasteiger partial charge in [0.2, 0.25) is 0 Å². The largest absolute Gasteiger partial charge is 0.419 e. The van der Waals surface area contributed by atoms with Crippen LogP contribution in [0.15, 0.2) is 27.4 Å². The standard InChI is InChI=1S/C17H22BrNO2/c1-3-19-13-8-7-12(11-14(13)21-16(19)20)15(18)17(2)9-5-4-6-10-17/h7-8,11,15H,3-6,9-10H2,1-2H3. The average Bonchev–Trinajstić information content (AvgIpc) is 2.81. The van der Waals surface area contributed by atoms with E-state index in [4.69, 9.17) is 4.42 Å². The Hall–Kier alpha value is -1.03. The van der Waals surface area contributed by atoms with Crippen molar-refractivity contribution < 1.29 is 4.42 Å². The number of oxazole rings is 1. The lowest BCUT2D eigenvalue weighted by atomic mass is 9.72. The predicted molar refractivity (Wildman–Crippen MR) is 89.0 cm³/mol. The highest BCUT2D eigenvalue weighted by atomic mass is 79.9. The molecule has 0 saturated heterocycles. The molecule has 3 rings (SSSR count). The molecule has 0 amide bonds. The fraction of sp³-hybridized carbons (Fsp3) is 0.588. The molecule has 2 aromatic rings. The number of fused-ring (bicyclic) bond motifs is 1. The molecule has 1 aromatic heterocycles. The molecule has 0 radical (unpaired) electrons. The summed E-state index contributed by atoms with van der Waals surface area (Å²) in [5.41, 5.74) is 3.09. The third-order valence-corrected chi connectivity index (χ3v) is 6.54. The number of hydrogen-bond donors (Lipinski definition) is 0. The number of alkyl halides is 1. The van der Waals surface area contributed by atoms with E-state index in [0.29, 0.717) is 22.4 Å². The molecule has 1 aromatic carbocycles. The van der Waals surface area contributed by atoms with Crippen molar-refractivity contribution in [2.75, 3.05) is 0 Å². The summed E-state index contributed by atoms with van der Waals surface area (Å²) < 4.78 is 7.06. The van der Waals surface area contributed by atoms with E-state index in [-0.39, 0.29) is 5.76 Å². The SMILES string of the molecule is CCn1c(=O)oc2cc(C(Br)C3(C)CCCCC3)ccc21. The number of halogens is 1. The van der Waals surface area contributed by atoms with Gasteiger partial charge in [0, 0.05) is 11.4 Å². The Morgan fingerprint density at radius 2 is 2.05 bits per heavy atom. The first kappa shape index (κ1) is 14.9. The monoisotopic (exact) mass is 351 g/mol. The average molecular weight is 352 g/mol. The molecule has 1 aliphatic carbocycles. The first-order chi connectivity index (χ1) is 10.0. The Morgan fingerprint density at radius 1 is 1.33 bits per heavy atom. The quantitative estimate of drug-likeness (QED) is 0.727. The van der Waals surface area contributed by atoms with Gasteiger partial charge in [-0.3, -0.25) is 4.57 Å². The van der Waals surface area contributed by atoms with Gasteiger partial charge in [0.1, 0.15) is 0 Å². The Balaban J connectivity index is 1.99. The topological polar surface area (TPSA) is 35.1 Å². The first-order valence-electron chi connectivity index (χ1n) is 7.82. The number of hydrogen-bond acceptors (Lipinski definition) is 2. The van der Waals surface area contributed by atoms with Crippen LogP contribution in [0.3, 0.4) is 0 Å². The fourth-order valence-electron chi connectivity index (χ4n) is 3.56. The minimum atomic E-state index is -0.264. The molecule has 1 atom stereocenters. The Bertz CT molecular complexity index is 694. The number of benzene rings is 1. The highest BCUT2D eigenvalue weighted by molar-refractivity contribution is 9.09. The van der Waals surface area contributed by atoms with E-state index < -0.39 is 0 Å². The summed E-state index contributed by atoms with van der Waals surface area (Å²) in [6.45, 7) is 4.96. The summed E-state index contributed by atoms with van der Waals surface area (Å²) in [4.78, 5) is 12.1. The van der Waals surface area contributed by atoms with Crippen molar-refractivity contribution >= 4 is 27.0 Å². The van der Waals surface area contributed by atoms with Crippen LogP contribution in [0.4, 0.5) is 0 Å². The predicted octanol–water partition coefficient (Wildman–Crippen LogP) is 5.02. The van der Waals surface area contributed by atoms with Gasteiger partial charge in [0.25, 0.3) is 0 Å². The van der Waals surface area contributed by atoms with Crippen molar-refractivity contribution in [2.24, 2.45) is 5.41 Å². The molecule has 1 fully saturated rings. The maximum Gasteiger partial charge on any atom is 0.419 e. The van der Waals surface area contributed by atoms with Crippen LogP contribution < -0.4 is 5.76 Å². The molecule has 21 heavy (non-hydrogen) atoms. The Morgan fingerprint density at radius 3 is 2.71 bits per heavy atom. The number of aromatic nitrogens is 1. The van der Waals surface area contributed by atoms with Gasteiger partial charge in [-0.05, 0) is 42.9 Å². The summed E-state index contributed by atoms with van der Waals surface area (Å²) in [6.07, 6.45) is 6.47. The van der Waals surface area contributed by atoms with Gasteiger partial charge in [-0.1, -0.05) is 48.2 Å². The van der Waals surface area contributed by atoms with E-state index >= 15 is 0 Å². The molecule has 1 unspecified atom stereocenters. The second-order valence-corrected chi connectivity index (χ2v) is 7.33. The summed E-state index contributed by atoms with van der Waals surface area (Å²) in [6, 6.07) is 6.17. The van der Waals surface area contributed by atoms with Crippen molar-refractivity contribution in [1.29, 1.82) is 0 Å². The zero-order valence-corrected chi connectivity index (χ0v) is 14.3. The number of aryl methyl sites for hydroxylation is 1. The van der Waals surface area contributed by atoms with Gasteiger partial charge < -0.3 is 4.42 Å². The lowest BCUT2D eigenvalue weighted by Gasteiger charge is -2.38. The van der Waals surface area contributed by atoms with E-state index in [1.807, 2.05) is 19.1 Å². The molecule has 1 aliphatic rings. The van der Waals surface area contributed by atoms with Crippen molar-refractivity contribution in [2.45, 2.75) is 57.3 Å². The van der Waals surface area contributed by atoms with E-state index in [1.165, 1.54) is 37.7 Å². The van der Waals surface area contributed by atoms with Crippen LogP contribution in [0.5, 0.6) is 0 Å². The molecular weight excluding hydrogens is 330 g/mol. The van der Waals surface area contributed by atoms with Crippen LogP contribution in [0.1, 0.15) is 56.3 Å². The minimum Gasteiger partial charge on any atom is -0.408 e. The van der Waals surface area contributed by atoms with E-state index in [1.54, 1.807) is 4.57 Å². The molecule has 114 valence electrons. The molecular formula is C17H22BrNO2. The molecule has 3 nitrogen and oxygen atoms in total. The summed E-state index contributed by atoms with van der Waals surface area (Å²) in [5.74, 6) is -0.264. The second-order valence-electron chi connectivity index (χ2n) is 6.42. The summed E-state index contributed by atoms with van der Waals surface area (Å²) >= 11 is 3.91. The first-order valence-corrected chi connectivity index (χ1v) is 8.74. The maximum atomic E-state index is 11.8. The highest BCUT2D eigenvalue weighted by Gasteiger charge is 2.35. The van der Waals surface area contributed by atoms with E-state index in [0.717, 1.165) is 5.52 Å². The maximum absolute atomic E-state index is 11.8. The van der Waals surface area contributed by atoms with Crippen molar-refractivity contribution in [1.82, 2.24) is 4.57 Å². The Kier molecular flexibility index (Phi) is 4.00. The normalized spacial score (nSPS) is 19.8.